The number of aromatic nitrogens is 1. The van der Waals surface area contributed by atoms with Gasteiger partial charge in [-0.05, 0) is 23.8 Å². The summed E-state index contributed by atoms with van der Waals surface area (Å²) in [6, 6.07) is 11.1. The van der Waals surface area contributed by atoms with E-state index in [2.05, 4.69) is 9.88 Å². The number of rotatable bonds is 6. The molecule has 0 aliphatic carbocycles. The van der Waals surface area contributed by atoms with E-state index in [0.29, 0.717) is 37.4 Å². The summed E-state index contributed by atoms with van der Waals surface area (Å²) < 4.78 is 11.2. The number of ether oxygens (including phenoxy) is 2. The molecule has 132 valence electrons. The van der Waals surface area contributed by atoms with Gasteiger partial charge >= 0.3 is 5.97 Å². The number of carbonyl (C=O) groups is 1. The molecule has 0 unspecified atom stereocenters. The molecule has 1 aliphatic heterocycles. The molecule has 3 rings (SSSR count). The Balaban J connectivity index is 1.70. The summed E-state index contributed by atoms with van der Waals surface area (Å²) in [6.45, 7) is 2.06. The second kappa shape index (κ2) is 7.53. The highest BCUT2D eigenvalue weighted by molar-refractivity contribution is 5.78. The Morgan fingerprint density at radius 1 is 1.20 bits per heavy atom. The van der Waals surface area contributed by atoms with Gasteiger partial charge < -0.3 is 14.6 Å². The van der Waals surface area contributed by atoms with Crippen molar-refractivity contribution in [3.05, 3.63) is 54.4 Å². The van der Waals surface area contributed by atoms with E-state index in [1.807, 2.05) is 30.5 Å². The lowest BCUT2D eigenvalue weighted by Gasteiger charge is -2.39. The fourth-order valence-electron chi connectivity index (χ4n) is 3.10. The van der Waals surface area contributed by atoms with Crippen LogP contribution in [0.15, 0.2) is 48.8 Å². The predicted molar refractivity (Wildman–Crippen MR) is 92.7 cm³/mol. The van der Waals surface area contributed by atoms with Crippen molar-refractivity contribution in [3.63, 3.8) is 0 Å². The van der Waals surface area contributed by atoms with Gasteiger partial charge in [-0.1, -0.05) is 18.2 Å². The monoisotopic (exact) mass is 342 g/mol. The van der Waals surface area contributed by atoms with Crippen molar-refractivity contribution in [2.75, 3.05) is 20.2 Å². The number of hydrogen-bond donors (Lipinski definition) is 1. The lowest BCUT2D eigenvalue weighted by Crippen LogP contribution is -2.53. The number of pyridine rings is 1. The number of methoxy groups -OCH3 is 1. The third kappa shape index (κ3) is 3.91. The van der Waals surface area contributed by atoms with Crippen LogP contribution in [-0.4, -0.2) is 46.8 Å². The first-order valence-electron chi connectivity index (χ1n) is 8.30. The van der Waals surface area contributed by atoms with Crippen LogP contribution >= 0.6 is 0 Å². The second-order valence-corrected chi connectivity index (χ2v) is 6.19. The van der Waals surface area contributed by atoms with Crippen LogP contribution in [0.25, 0.3) is 0 Å². The topological polar surface area (TPSA) is 71.9 Å². The van der Waals surface area contributed by atoms with Crippen LogP contribution in [0.1, 0.15) is 18.4 Å². The number of nitrogens with zero attached hydrogens (tertiary/aromatic N) is 2. The molecule has 1 saturated heterocycles. The van der Waals surface area contributed by atoms with E-state index >= 15 is 0 Å². The molecular formula is C19H22N2O4. The Labute approximate surface area is 147 Å². The molecule has 25 heavy (non-hydrogen) atoms. The van der Waals surface area contributed by atoms with Crippen molar-refractivity contribution < 1.29 is 19.4 Å². The Hall–Kier alpha value is -2.60. The molecule has 0 spiro atoms. The van der Waals surface area contributed by atoms with E-state index in [0.717, 1.165) is 12.1 Å². The molecule has 1 aromatic heterocycles. The quantitative estimate of drug-likeness (QED) is 0.870. The summed E-state index contributed by atoms with van der Waals surface area (Å²) in [6.07, 6.45) is 4.42. The van der Waals surface area contributed by atoms with Gasteiger partial charge in [-0.15, -0.1) is 0 Å². The number of para-hydroxylation sites is 2. The number of benzene rings is 1. The third-order valence-corrected chi connectivity index (χ3v) is 4.56. The Bertz CT molecular complexity index is 712. The molecule has 6 heteroatoms. The summed E-state index contributed by atoms with van der Waals surface area (Å²) in [5.41, 5.74) is -0.101. The maximum absolute atomic E-state index is 12.0. The molecule has 0 saturated carbocycles. The van der Waals surface area contributed by atoms with Crippen LogP contribution in [0.4, 0.5) is 0 Å². The molecule has 0 radical (unpaired) electrons. The van der Waals surface area contributed by atoms with E-state index in [1.165, 1.54) is 0 Å². The molecule has 2 heterocycles. The average molecular weight is 342 g/mol. The number of likely N-dealkylation sites (tertiary alicyclic amines) is 1. The van der Waals surface area contributed by atoms with E-state index in [1.54, 1.807) is 25.4 Å². The van der Waals surface area contributed by atoms with Gasteiger partial charge in [-0.25, -0.2) is 4.79 Å². The second-order valence-electron chi connectivity index (χ2n) is 6.19. The molecule has 0 bridgehead atoms. The molecule has 2 aromatic rings. The summed E-state index contributed by atoms with van der Waals surface area (Å²) >= 11 is 0. The van der Waals surface area contributed by atoms with Crippen LogP contribution in [0.2, 0.25) is 0 Å². The van der Waals surface area contributed by atoms with E-state index in [9.17, 15) is 9.90 Å². The molecule has 1 N–H and O–H groups in total. The molecule has 1 fully saturated rings. The Kier molecular flexibility index (Phi) is 5.19. The van der Waals surface area contributed by atoms with Crippen molar-refractivity contribution in [2.24, 2.45) is 0 Å². The highest BCUT2D eigenvalue weighted by atomic mass is 16.5. The van der Waals surface area contributed by atoms with Gasteiger partial charge in [0, 0.05) is 44.9 Å². The fraction of sp³-hybridized carbons (Fsp3) is 0.368. The van der Waals surface area contributed by atoms with E-state index in [-0.39, 0.29) is 0 Å². The van der Waals surface area contributed by atoms with Crippen LogP contribution in [0, 0.1) is 0 Å². The minimum Gasteiger partial charge on any atom is -0.493 e. The van der Waals surface area contributed by atoms with Crippen molar-refractivity contribution in [1.82, 2.24) is 9.88 Å². The van der Waals surface area contributed by atoms with E-state index < -0.39 is 11.6 Å². The van der Waals surface area contributed by atoms with Gasteiger partial charge in [0.25, 0.3) is 0 Å². The predicted octanol–water partition coefficient (Wildman–Crippen LogP) is 2.59. The minimum atomic E-state index is -1.22. The Morgan fingerprint density at radius 3 is 2.52 bits per heavy atom. The Morgan fingerprint density at radius 2 is 1.92 bits per heavy atom. The number of piperidine rings is 1. The molecule has 0 amide bonds. The van der Waals surface area contributed by atoms with Crippen molar-refractivity contribution in [3.8, 4) is 11.5 Å². The lowest BCUT2D eigenvalue weighted by molar-refractivity contribution is -0.160. The van der Waals surface area contributed by atoms with Gasteiger partial charge in [0.15, 0.2) is 11.5 Å². The molecular weight excluding hydrogens is 320 g/mol. The van der Waals surface area contributed by atoms with Gasteiger partial charge in [-0.2, -0.15) is 0 Å². The molecule has 1 aromatic carbocycles. The van der Waals surface area contributed by atoms with Crippen molar-refractivity contribution >= 4 is 5.97 Å². The van der Waals surface area contributed by atoms with Crippen molar-refractivity contribution in [2.45, 2.75) is 25.0 Å². The third-order valence-electron chi connectivity index (χ3n) is 4.56. The minimum absolute atomic E-state index is 0.417. The normalized spacial score (nSPS) is 17.0. The largest absolute Gasteiger partial charge is 0.493 e. The molecule has 1 aliphatic rings. The van der Waals surface area contributed by atoms with Crippen molar-refractivity contribution in [1.29, 1.82) is 0 Å². The molecule has 0 atom stereocenters. The number of hydrogen-bond acceptors (Lipinski definition) is 5. The standard InChI is InChI=1S/C19H22N2O4/c1-24-16-6-2-3-7-17(16)25-19(18(22)23)8-11-21(12-9-19)14-15-5-4-10-20-13-15/h2-7,10,13H,8-9,11-12,14H2,1H3,(H,22,23). The first-order chi connectivity index (χ1) is 12.1. The zero-order chi connectivity index (χ0) is 17.7. The molecule has 6 nitrogen and oxygen atoms in total. The van der Waals surface area contributed by atoms with E-state index in [4.69, 9.17) is 9.47 Å². The zero-order valence-electron chi connectivity index (χ0n) is 14.2. The van der Waals surface area contributed by atoms with Crippen LogP contribution < -0.4 is 9.47 Å². The van der Waals surface area contributed by atoms with Crippen LogP contribution in [0.5, 0.6) is 11.5 Å². The summed E-state index contributed by atoms with van der Waals surface area (Å²) in [7, 11) is 1.55. The maximum atomic E-state index is 12.0. The van der Waals surface area contributed by atoms with Gasteiger partial charge in [0.1, 0.15) is 0 Å². The average Bonchev–Trinajstić information content (AvgIpc) is 2.64. The fourth-order valence-corrected chi connectivity index (χ4v) is 3.10. The number of aliphatic carboxylic acids is 1. The summed E-state index contributed by atoms with van der Waals surface area (Å²) in [5.74, 6) is 0.0773. The maximum Gasteiger partial charge on any atom is 0.348 e. The number of carboxylic acids is 1. The first kappa shape index (κ1) is 17.2. The number of carboxylic acid groups (broad SMARTS) is 1. The summed E-state index contributed by atoms with van der Waals surface area (Å²) in [5, 5.41) is 9.80. The highest BCUT2D eigenvalue weighted by Crippen LogP contribution is 2.34. The SMILES string of the molecule is COc1ccccc1OC1(C(=O)O)CCN(Cc2cccnc2)CC1. The van der Waals surface area contributed by atoms with Gasteiger partial charge in [-0.3, -0.25) is 9.88 Å². The highest BCUT2D eigenvalue weighted by Gasteiger charge is 2.44. The van der Waals surface area contributed by atoms with Gasteiger partial charge in [0.2, 0.25) is 5.60 Å². The van der Waals surface area contributed by atoms with Crippen LogP contribution in [-0.2, 0) is 11.3 Å². The zero-order valence-corrected chi connectivity index (χ0v) is 14.2. The first-order valence-corrected chi connectivity index (χ1v) is 8.30. The van der Waals surface area contributed by atoms with Gasteiger partial charge in [0.05, 0.1) is 7.11 Å². The van der Waals surface area contributed by atoms with Crippen LogP contribution in [0.3, 0.4) is 0 Å². The summed E-state index contributed by atoms with van der Waals surface area (Å²) in [4.78, 5) is 18.3. The smallest absolute Gasteiger partial charge is 0.348 e. The lowest BCUT2D eigenvalue weighted by atomic mass is 9.90.